The Balaban J connectivity index is 1.34. The van der Waals surface area contributed by atoms with Crippen LogP contribution in [0.15, 0.2) is 54.7 Å². The number of halogens is 4. The molecule has 4 aromatic rings. The number of aromatic nitrogens is 3. The Morgan fingerprint density at radius 3 is 2.71 bits per heavy atom. The maximum Gasteiger partial charge on any atom is 0.433 e. The van der Waals surface area contributed by atoms with E-state index in [1.165, 1.54) is 12.1 Å². The van der Waals surface area contributed by atoms with Gasteiger partial charge in [0.2, 0.25) is 0 Å². The molecule has 0 spiro atoms. The maximum atomic E-state index is 13.4. The minimum absolute atomic E-state index is 0.120. The van der Waals surface area contributed by atoms with Crippen molar-refractivity contribution in [3.05, 3.63) is 71.1 Å². The van der Waals surface area contributed by atoms with Crippen molar-refractivity contribution in [2.75, 3.05) is 5.32 Å². The Kier molecular flexibility index (Phi) is 5.81. The number of rotatable bonds is 4. The average Bonchev–Trinajstić information content (AvgIpc) is 3.23. The number of anilines is 1. The van der Waals surface area contributed by atoms with Crippen molar-refractivity contribution in [3.63, 3.8) is 0 Å². The van der Waals surface area contributed by atoms with Gasteiger partial charge in [-0.2, -0.15) is 18.3 Å². The van der Waals surface area contributed by atoms with Crippen molar-refractivity contribution in [1.29, 1.82) is 0 Å². The molecule has 1 aliphatic carbocycles. The first-order valence-electron chi connectivity index (χ1n) is 11.0. The molecule has 0 unspecified atom stereocenters. The molecule has 1 fully saturated rings. The Labute approximate surface area is 198 Å². The summed E-state index contributed by atoms with van der Waals surface area (Å²) in [6.07, 6.45) is 0.156. The summed E-state index contributed by atoms with van der Waals surface area (Å²) in [4.78, 5) is 16.5. The molecule has 34 heavy (non-hydrogen) atoms. The molecule has 1 saturated carbocycles. The summed E-state index contributed by atoms with van der Waals surface area (Å²) >= 11 is 6.10. The standard InChI is InChI=1S/C24H21ClF3N5O/c25-14-7-8-19-18(10-14)20(13-22(31-19)24(26,27)28)29-15-4-3-5-16(11-15)30-23(34)21-12-17-6-1-2-9-33(17)32-21/h1-2,6-10,12-13,15-16H,3-5,11H2,(H,29,31)(H,30,34)/t15-,16+/m0/s1. The lowest BCUT2D eigenvalue weighted by atomic mass is 9.90. The van der Waals surface area contributed by atoms with Gasteiger partial charge in [0.15, 0.2) is 5.69 Å². The van der Waals surface area contributed by atoms with Crippen LogP contribution in [0, 0.1) is 0 Å². The molecule has 10 heteroatoms. The van der Waals surface area contributed by atoms with E-state index in [1.54, 1.807) is 22.8 Å². The number of amides is 1. The van der Waals surface area contributed by atoms with Gasteiger partial charge >= 0.3 is 6.18 Å². The molecule has 5 rings (SSSR count). The van der Waals surface area contributed by atoms with Crippen molar-refractivity contribution < 1.29 is 18.0 Å². The molecule has 1 aromatic carbocycles. The predicted molar refractivity (Wildman–Crippen MR) is 124 cm³/mol. The van der Waals surface area contributed by atoms with Gasteiger partial charge in [-0.15, -0.1) is 0 Å². The molecular formula is C24H21ClF3N5O. The normalized spacial score (nSPS) is 18.8. The summed E-state index contributed by atoms with van der Waals surface area (Å²) in [5.41, 5.74) is 0.731. The van der Waals surface area contributed by atoms with E-state index in [0.717, 1.165) is 30.8 Å². The van der Waals surface area contributed by atoms with Gasteiger partial charge in [-0.25, -0.2) is 9.50 Å². The Morgan fingerprint density at radius 1 is 1.09 bits per heavy atom. The van der Waals surface area contributed by atoms with Gasteiger partial charge in [-0.05, 0) is 68.1 Å². The first kappa shape index (κ1) is 22.5. The van der Waals surface area contributed by atoms with Crippen LogP contribution < -0.4 is 10.6 Å². The zero-order chi connectivity index (χ0) is 23.9. The molecule has 0 radical (unpaired) electrons. The summed E-state index contributed by atoms with van der Waals surface area (Å²) < 4.78 is 41.9. The molecule has 0 aliphatic heterocycles. The smallest absolute Gasteiger partial charge is 0.382 e. The summed E-state index contributed by atoms with van der Waals surface area (Å²) in [5, 5.41) is 11.5. The zero-order valence-corrected chi connectivity index (χ0v) is 18.7. The second-order valence-corrected chi connectivity index (χ2v) is 8.93. The third-order valence-corrected chi connectivity index (χ3v) is 6.27. The number of nitrogens with one attached hydrogen (secondary N) is 2. The van der Waals surface area contributed by atoms with Crippen molar-refractivity contribution in [1.82, 2.24) is 19.9 Å². The number of fused-ring (bicyclic) bond motifs is 2. The third kappa shape index (κ3) is 4.65. The minimum Gasteiger partial charge on any atom is -0.382 e. The fourth-order valence-electron chi connectivity index (χ4n) is 4.44. The van der Waals surface area contributed by atoms with Gasteiger partial charge in [-0.1, -0.05) is 17.7 Å². The lowest BCUT2D eigenvalue weighted by Gasteiger charge is -2.31. The molecule has 3 aromatic heterocycles. The SMILES string of the molecule is O=C(N[C@@H]1CCC[C@H](Nc2cc(C(F)(F)F)nc3ccc(Cl)cc23)C1)c1cc2ccccn2n1. The Hall–Kier alpha value is -3.33. The quantitative estimate of drug-likeness (QED) is 0.387. The summed E-state index contributed by atoms with van der Waals surface area (Å²) in [6, 6.07) is 12.7. The van der Waals surface area contributed by atoms with E-state index in [1.807, 2.05) is 18.2 Å². The van der Waals surface area contributed by atoms with Crippen molar-refractivity contribution in [3.8, 4) is 0 Å². The van der Waals surface area contributed by atoms with Crippen LogP contribution in [0.3, 0.4) is 0 Å². The van der Waals surface area contributed by atoms with E-state index in [-0.39, 0.29) is 23.5 Å². The number of benzene rings is 1. The van der Waals surface area contributed by atoms with Crippen LogP contribution in [0.25, 0.3) is 16.4 Å². The van der Waals surface area contributed by atoms with Crippen molar-refractivity contribution in [2.45, 2.75) is 43.9 Å². The monoisotopic (exact) mass is 487 g/mol. The van der Waals surface area contributed by atoms with E-state index < -0.39 is 11.9 Å². The highest BCUT2D eigenvalue weighted by Gasteiger charge is 2.34. The third-order valence-electron chi connectivity index (χ3n) is 6.03. The van der Waals surface area contributed by atoms with E-state index in [2.05, 4.69) is 20.7 Å². The van der Waals surface area contributed by atoms with Gasteiger partial charge in [0, 0.05) is 34.4 Å². The van der Waals surface area contributed by atoms with Gasteiger partial charge in [0.1, 0.15) is 5.69 Å². The predicted octanol–water partition coefficient (Wildman–Crippen LogP) is 5.71. The van der Waals surface area contributed by atoms with Crippen LogP contribution in [0.5, 0.6) is 0 Å². The molecule has 1 aliphatic rings. The van der Waals surface area contributed by atoms with Gasteiger partial charge in [0.25, 0.3) is 5.91 Å². The summed E-state index contributed by atoms with van der Waals surface area (Å²) in [5.74, 6) is -0.269. The number of nitrogens with zero attached hydrogens (tertiary/aromatic N) is 3. The highest BCUT2D eigenvalue weighted by atomic mass is 35.5. The second-order valence-electron chi connectivity index (χ2n) is 8.49. The van der Waals surface area contributed by atoms with Gasteiger partial charge < -0.3 is 10.6 Å². The highest BCUT2D eigenvalue weighted by molar-refractivity contribution is 6.31. The van der Waals surface area contributed by atoms with E-state index in [9.17, 15) is 18.0 Å². The van der Waals surface area contributed by atoms with Crippen LogP contribution in [0.1, 0.15) is 41.9 Å². The lowest BCUT2D eigenvalue weighted by Crippen LogP contribution is -2.42. The number of hydrogen-bond acceptors (Lipinski definition) is 4. The maximum absolute atomic E-state index is 13.4. The van der Waals surface area contributed by atoms with Crippen molar-refractivity contribution >= 4 is 39.6 Å². The average molecular weight is 488 g/mol. The van der Waals surface area contributed by atoms with Crippen LogP contribution >= 0.6 is 11.6 Å². The van der Waals surface area contributed by atoms with Crippen LogP contribution in [-0.2, 0) is 6.18 Å². The molecule has 6 nitrogen and oxygen atoms in total. The lowest BCUT2D eigenvalue weighted by molar-refractivity contribution is -0.140. The number of carbonyl (C=O) groups excluding carboxylic acids is 1. The number of pyridine rings is 2. The van der Waals surface area contributed by atoms with Crippen molar-refractivity contribution in [2.24, 2.45) is 0 Å². The first-order chi connectivity index (χ1) is 16.3. The highest BCUT2D eigenvalue weighted by Crippen LogP contribution is 2.35. The molecule has 0 saturated heterocycles. The number of alkyl halides is 3. The number of carbonyl (C=O) groups is 1. The molecule has 1 amide bonds. The van der Waals surface area contributed by atoms with Gasteiger partial charge in [-0.3, -0.25) is 4.79 Å². The molecule has 2 atom stereocenters. The second kappa shape index (κ2) is 8.79. The zero-order valence-electron chi connectivity index (χ0n) is 17.9. The molecule has 176 valence electrons. The molecular weight excluding hydrogens is 467 g/mol. The van der Waals surface area contributed by atoms with Crippen LogP contribution in [0.4, 0.5) is 18.9 Å². The number of hydrogen-bond donors (Lipinski definition) is 2. The van der Waals surface area contributed by atoms with E-state index in [4.69, 9.17) is 11.6 Å². The summed E-state index contributed by atoms with van der Waals surface area (Å²) in [6.45, 7) is 0. The molecule has 0 bridgehead atoms. The Bertz CT molecular complexity index is 1340. The topological polar surface area (TPSA) is 71.3 Å². The van der Waals surface area contributed by atoms with E-state index >= 15 is 0 Å². The Morgan fingerprint density at radius 2 is 1.91 bits per heavy atom. The molecule has 3 heterocycles. The van der Waals surface area contributed by atoms with E-state index in [0.29, 0.717) is 28.2 Å². The fourth-order valence-corrected chi connectivity index (χ4v) is 4.62. The fraction of sp³-hybridized carbons (Fsp3) is 0.292. The first-order valence-corrected chi connectivity index (χ1v) is 11.3. The van der Waals surface area contributed by atoms with Crippen LogP contribution in [0.2, 0.25) is 5.02 Å². The minimum atomic E-state index is -4.57. The van der Waals surface area contributed by atoms with Gasteiger partial charge in [0.05, 0.1) is 11.0 Å². The largest absolute Gasteiger partial charge is 0.433 e. The molecule has 2 N–H and O–H groups in total. The van der Waals surface area contributed by atoms with Crippen LogP contribution in [-0.4, -0.2) is 32.6 Å². The summed E-state index contributed by atoms with van der Waals surface area (Å²) in [7, 11) is 0.